The first-order valence-electron chi connectivity index (χ1n) is 9.90. The van der Waals surface area contributed by atoms with Crippen LogP contribution >= 0.6 is 11.3 Å². The van der Waals surface area contributed by atoms with Crippen molar-refractivity contribution in [3.8, 4) is 0 Å². The van der Waals surface area contributed by atoms with Gasteiger partial charge in [0, 0.05) is 25.7 Å². The van der Waals surface area contributed by atoms with Gasteiger partial charge in [-0.3, -0.25) is 14.9 Å². The van der Waals surface area contributed by atoms with Crippen LogP contribution in [0.5, 0.6) is 0 Å². The SMILES string of the molecule is O=c1nc(N2CCC(CN3CCCC3)CC2)sc2c([N+](=O)[O-])cc(C(F)(F)F)cc12. The van der Waals surface area contributed by atoms with Crippen molar-refractivity contribution in [3.63, 3.8) is 0 Å². The number of fused-ring (bicyclic) bond motifs is 1. The van der Waals surface area contributed by atoms with Gasteiger partial charge in [-0.05, 0) is 50.8 Å². The van der Waals surface area contributed by atoms with Crippen molar-refractivity contribution in [2.75, 3.05) is 37.6 Å². The summed E-state index contributed by atoms with van der Waals surface area (Å²) in [6, 6.07) is 1.14. The van der Waals surface area contributed by atoms with Crippen molar-refractivity contribution in [2.45, 2.75) is 31.9 Å². The first-order valence-corrected chi connectivity index (χ1v) is 10.7. The number of halogens is 3. The van der Waals surface area contributed by atoms with Crippen LogP contribution in [0, 0.1) is 16.0 Å². The number of non-ortho nitro benzene ring substituents is 1. The number of rotatable bonds is 4. The smallest absolute Gasteiger partial charge is 0.348 e. The molecule has 0 aliphatic carbocycles. The van der Waals surface area contributed by atoms with Gasteiger partial charge in [0.2, 0.25) is 0 Å². The van der Waals surface area contributed by atoms with Gasteiger partial charge in [0.1, 0.15) is 4.70 Å². The molecule has 11 heteroatoms. The third-order valence-corrected chi connectivity index (χ3v) is 6.98. The summed E-state index contributed by atoms with van der Waals surface area (Å²) < 4.78 is 39.2. The predicted molar refractivity (Wildman–Crippen MR) is 108 cm³/mol. The predicted octanol–water partition coefficient (Wildman–Crippen LogP) is 3.90. The van der Waals surface area contributed by atoms with Gasteiger partial charge in [0.25, 0.3) is 11.2 Å². The van der Waals surface area contributed by atoms with Crippen LogP contribution in [-0.2, 0) is 6.18 Å². The summed E-state index contributed by atoms with van der Waals surface area (Å²) in [5.41, 5.74) is -2.80. The molecule has 2 aliphatic rings. The molecule has 0 saturated carbocycles. The molecule has 0 bridgehead atoms. The van der Waals surface area contributed by atoms with Crippen LogP contribution in [0.3, 0.4) is 0 Å². The molecular weight excluding hydrogens is 421 g/mol. The fourth-order valence-electron chi connectivity index (χ4n) is 4.21. The summed E-state index contributed by atoms with van der Waals surface area (Å²) in [7, 11) is 0. The number of nitrogens with zero attached hydrogens (tertiary/aromatic N) is 4. The summed E-state index contributed by atoms with van der Waals surface area (Å²) in [6.07, 6.45) is -0.463. The molecule has 1 aromatic carbocycles. The fourth-order valence-corrected chi connectivity index (χ4v) is 5.33. The zero-order valence-electron chi connectivity index (χ0n) is 16.2. The number of piperidine rings is 1. The van der Waals surface area contributed by atoms with E-state index in [1.165, 1.54) is 12.8 Å². The van der Waals surface area contributed by atoms with E-state index in [1.54, 1.807) is 0 Å². The molecule has 0 spiro atoms. The van der Waals surface area contributed by atoms with Gasteiger partial charge in [-0.2, -0.15) is 18.2 Å². The molecule has 1 aromatic heterocycles. The van der Waals surface area contributed by atoms with Crippen molar-refractivity contribution in [2.24, 2.45) is 5.92 Å². The van der Waals surface area contributed by atoms with Crippen molar-refractivity contribution in [1.29, 1.82) is 0 Å². The van der Waals surface area contributed by atoms with Crippen LogP contribution < -0.4 is 10.5 Å². The Morgan fingerprint density at radius 2 is 1.83 bits per heavy atom. The summed E-state index contributed by atoms with van der Waals surface area (Å²) in [5, 5.41) is 11.4. The first kappa shape index (κ1) is 21.0. The van der Waals surface area contributed by atoms with E-state index in [0.717, 1.165) is 43.8 Å². The van der Waals surface area contributed by atoms with E-state index >= 15 is 0 Å². The zero-order chi connectivity index (χ0) is 21.5. The van der Waals surface area contributed by atoms with Crippen LogP contribution in [0.15, 0.2) is 16.9 Å². The van der Waals surface area contributed by atoms with Crippen LogP contribution in [0.25, 0.3) is 10.1 Å². The van der Waals surface area contributed by atoms with E-state index < -0.39 is 27.9 Å². The standard InChI is InChI=1S/C19H21F3N4O3S/c20-19(21,22)13-9-14-16(15(10-13)26(28)29)30-18(23-17(14)27)25-7-3-12(4-8-25)11-24-5-1-2-6-24/h9-10,12H,1-8,11H2. The van der Waals surface area contributed by atoms with E-state index in [-0.39, 0.29) is 10.1 Å². The molecule has 3 heterocycles. The number of likely N-dealkylation sites (tertiary alicyclic amines) is 1. The third-order valence-electron chi connectivity index (χ3n) is 5.81. The highest BCUT2D eigenvalue weighted by molar-refractivity contribution is 7.22. The zero-order valence-corrected chi connectivity index (χ0v) is 17.0. The Kier molecular flexibility index (Phi) is 5.67. The first-order chi connectivity index (χ1) is 14.2. The molecule has 162 valence electrons. The molecule has 0 unspecified atom stereocenters. The highest BCUT2D eigenvalue weighted by atomic mass is 32.1. The summed E-state index contributed by atoms with van der Waals surface area (Å²) in [5.74, 6) is 0.556. The molecule has 4 rings (SSSR count). The maximum atomic E-state index is 13.1. The van der Waals surface area contributed by atoms with Crippen LogP contribution in [0.4, 0.5) is 24.0 Å². The van der Waals surface area contributed by atoms with Crippen LogP contribution in [0.1, 0.15) is 31.2 Å². The Morgan fingerprint density at radius 1 is 1.17 bits per heavy atom. The number of hydrogen-bond donors (Lipinski definition) is 0. The van der Waals surface area contributed by atoms with E-state index in [2.05, 4.69) is 9.88 Å². The molecule has 0 atom stereocenters. The maximum Gasteiger partial charge on any atom is 0.416 e. The minimum atomic E-state index is -4.79. The normalized spacial score (nSPS) is 19.0. The molecule has 0 radical (unpaired) electrons. The molecule has 2 saturated heterocycles. The summed E-state index contributed by atoms with van der Waals surface area (Å²) in [4.78, 5) is 31.3. The van der Waals surface area contributed by atoms with Gasteiger partial charge in [0.05, 0.1) is 15.9 Å². The molecule has 0 N–H and O–H groups in total. The largest absolute Gasteiger partial charge is 0.416 e. The average molecular weight is 442 g/mol. The van der Waals surface area contributed by atoms with Crippen molar-refractivity contribution >= 4 is 32.2 Å². The number of nitro groups is 1. The number of aromatic nitrogens is 1. The molecule has 2 aromatic rings. The Morgan fingerprint density at radius 3 is 2.43 bits per heavy atom. The Hall–Kier alpha value is -2.27. The van der Waals surface area contributed by atoms with Gasteiger partial charge < -0.3 is 9.80 Å². The number of benzene rings is 1. The second kappa shape index (κ2) is 8.10. The fraction of sp³-hybridized carbons (Fsp3) is 0.579. The number of nitro benzene ring substituents is 1. The van der Waals surface area contributed by atoms with Crippen molar-refractivity contribution in [3.05, 3.63) is 38.2 Å². The molecule has 2 aliphatic heterocycles. The third kappa shape index (κ3) is 4.27. The van der Waals surface area contributed by atoms with Crippen LogP contribution in [0.2, 0.25) is 0 Å². The lowest BCUT2D eigenvalue weighted by molar-refractivity contribution is -0.383. The highest BCUT2D eigenvalue weighted by Crippen LogP contribution is 2.38. The summed E-state index contributed by atoms with van der Waals surface area (Å²) in [6.45, 7) is 4.67. The Bertz CT molecular complexity index is 1010. The van der Waals surface area contributed by atoms with E-state index in [0.29, 0.717) is 36.3 Å². The highest BCUT2D eigenvalue weighted by Gasteiger charge is 2.34. The Balaban J connectivity index is 1.60. The minimum Gasteiger partial charge on any atom is -0.348 e. The topological polar surface area (TPSA) is 79.6 Å². The van der Waals surface area contributed by atoms with Gasteiger partial charge in [-0.15, -0.1) is 0 Å². The van der Waals surface area contributed by atoms with Gasteiger partial charge in [-0.25, -0.2) is 0 Å². The number of anilines is 1. The van der Waals surface area contributed by atoms with Crippen molar-refractivity contribution in [1.82, 2.24) is 9.88 Å². The van der Waals surface area contributed by atoms with E-state index in [9.17, 15) is 28.1 Å². The lowest BCUT2D eigenvalue weighted by atomic mass is 9.96. The van der Waals surface area contributed by atoms with Crippen molar-refractivity contribution < 1.29 is 18.1 Å². The molecule has 7 nitrogen and oxygen atoms in total. The van der Waals surface area contributed by atoms with E-state index in [4.69, 9.17) is 0 Å². The number of hydrogen-bond acceptors (Lipinski definition) is 7. The Labute approximate surface area is 174 Å². The monoisotopic (exact) mass is 442 g/mol. The second-order valence-electron chi connectivity index (χ2n) is 7.87. The molecule has 30 heavy (non-hydrogen) atoms. The van der Waals surface area contributed by atoms with Gasteiger partial charge >= 0.3 is 6.18 Å². The quantitative estimate of drug-likeness (QED) is 0.528. The van der Waals surface area contributed by atoms with Gasteiger partial charge in [-0.1, -0.05) is 11.3 Å². The van der Waals surface area contributed by atoms with Gasteiger partial charge in [0.15, 0.2) is 5.13 Å². The molecular formula is C19H21F3N4O3S. The number of alkyl halides is 3. The van der Waals surface area contributed by atoms with Crippen LogP contribution in [-0.4, -0.2) is 47.5 Å². The molecule has 0 amide bonds. The minimum absolute atomic E-state index is 0.0674. The molecule has 2 fully saturated rings. The second-order valence-corrected chi connectivity index (χ2v) is 8.84. The van der Waals surface area contributed by atoms with E-state index in [1.807, 2.05) is 4.90 Å². The average Bonchev–Trinajstić information content (AvgIpc) is 3.20. The lowest BCUT2D eigenvalue weighted by Crippen LogP contribution is -2.38. The summed E-state index contributed by atoms with van der Waals surface area (Å²) >= 11 is 0.911. The maximum absolute atomic E-state index is 13.1. The lowest BCUT2D eigenvalue weighted by Gasteiger charge is -2.34.